The van der Waals surface area contributed by atoms with Crippen LogP contribution in [-0.4, -0.2) is 42.2 Å². The van der Waals surface area contributed by atoms with Crippen molar-refractivity contribution in [3.63, 3.8) is 0 Å². The van der Waals surface area contributed by atoms with Crippen LogP contribution >= 0.6 is 0 Å². The van der Waals surface area contributed by atoms with E-state index in [1.807, 2.05) is 0 Å². The molecule has 1 unspecified atom stereocenters. The summed E-state index contributed by atoms with van der Waals surface area (Å²) in [5.41, 5.74) is -0.757. The Morgan fingerprint density at radius 2 is 1.45 bits per heavy atom. The van der Waals surface area contributed by atoms with Gasteiger partial charge in [-0.05, 0) is 13.8 Å². The fourth-order valence-corrected chi connectivity index (χ4v) is 1.65. The second kappa shape index (κ2) is 8.30. The Kier molecular flexibility index (Phi) is 7.05. The highest BCUT2D eigenvalue weighted by atomic mass is 19.2. The van der Waals surface area contributed by atoms with Gasteiger partial charge in [0, 0.05) is 12.0 Å². The number of aliphatic hydroxyl groups excluding tert-OH is 2. The van der Waals surface area contributed by atoms with E-state index < -0.39 is 46.8 Å². The summed E-state index contributed by atoms with van der Waals surface area (Å²) >= 11 is 0. The van der Waals surface area contributed by atoms with E-state index >= 15 is 0 Å². The molecule has 0 radical (unpaired) electrons. The molecule has 0 aliphatic carbocycles. The van der Waals surface area contributed by atoms with Crippen LogP contribution in [0.25, 0.3) is 0 Å². The van der Waals surface area contributed by atoms with Crippen molar-refractivity contribution in [2.45, 2.75) is 32.5 Å². The standard InChI is InChI=1S/C14H18F4O4/c1-7(3-4-21-9(5-19)6-20)22-14-12(17)10(15)8(2)11(16)13(14)18/h7,9,19-20H,3-6H2,1-2H3. The maximum atomic E-state index is 13.6. The van der Waals surface area contributed by atoms with Gasteiger partial charge in [-0.2, -0.15) is 8.78 Å². The third kappa shape index (κ3) is 4.31. The molecule has 0 fully saturated rings. The molecule has 0 saturated heterocycles. The number of hydrogen-bond donors (Lipinski definition) is 2. The van der Waals surface area contributed by atoms with Crippen molar-refractivity contribution in [3.05, 3.63) is 28.8 Å². The first-order valence-electron chi connectivity index (χ1n) is 6.65. The number of ether oxygens (including phenoxy) is 2. The van der Waals surface area contributed by atoms with Gasteiger partial charge in [-0.1, -0.05) is 0 Å². The van der Waals surface area contributed by atoms with Crippen LogP contribution in [0.1, 0.15) is 18.9 Å². The maximum absolute atomic E-state index is 13.6. The lowest BCUT2D eigenvalue weighted by atomic mass is 10.2. The van der Waals surface area contributed by atoms with Gasteiger partial charge in [-0.15, -0.1) is 0 Å². The highest BCUT2D eigenvalue weighted by Gasteiger charge is 2.25. The van der Waals surface area contributed by atoms with E-state index in [0.29, 0.717) is 0 Å². The average molecular weight is 326 g/mol. The summed E-state index contributed by atoms with van der Waals surface area (Å²) in [6.45, 7) is 1.60. The summed E-state index contributed by atoms with van der Waals surface area (Å²) < 4.78 is 64.0. The minimum absolute atomic E-state index is 0.0209. The van der Waals surface area contributed by atoms with E-state index in [1.54, 1.807) is 0 Å². The second-order valence-electron chi connectivity index (χ2n) is 4.79. The van der Waals surface area contributed by atoms with Gasteiger partial charge in [0.15, 0.2) is 17.4 Å². The number of halogens is 4. The minimum Gasteiger partial charge on any atom is -0.484 e. The molecule has 1 atom stereocenters. The molecular formula is C14H18F4O4. The fraction of sp³-hybridized carbons (Fsp3) is 0.571. The van der Waals surface area contributed by atoms with Gasteiger partial charge < -0.3 is 19.7 Å². The van der Waals surface area contributed by atoms with Gasteiger partial charge in [0.25, 0.3) is 0 Å². The van der Waals surface area contributed by atoms with E-state index in [4.69, 9.17) is 19.7 Å². The van der Waals surface area contributed by atoms with Crippen molar-refractivity contribution in [3.8, 4) is 5.75 Å². The summed E-state index contributed by atoms with van der Waals surface area (Å²) in [5, 5.41) is 17.6. The van der Waals surface area contributed by atoms with Gasteiger partial charge in [0.1, 0.15) is 6.10 Å². The molecule has 0 saturated carbocycles. The van der Waals surface area contributed by atoms with Crippen molar-refractivity contribution in [1.29, 1.82) is 0 Å². The lowest BCUT2D eigenvalue weighted by Gasteiger charge is -2.18. The van der Waals surface area contributed by atoms with Crippen LogP contribution in [0.3, 0.4) is 0 Å². The molecule has 1 aromatic rings. The monoisotopic (exact) mass is 326 g/mol. The van der Waals surface area contributed by atoms with Crippen LogP contribution in [0.5, 0.6) is 5.75 Å². The van der Waals surface area contributed by atoms with E-state index in [9.17, 15) is 17.6 Å². The Morgan fingerprint density at radius 3 is 1.91 bits per heavy atom. The molecule has 1 aromatic carbocycles. The molecule has 0 aliphatic rings. The van der Waals surface area contributed by atoms with Crippen molar-refractivity contribution in [1.82, 2.24) is 0 Å². The zero-order valence-corrected chi connectivity index (χ0v) is 12.2. The maximum Gasteiger partial charge on any atom is 0.204 e. The molecule has 0 bridgehead atoms. The number of rotatable bonds is 8. The molecule has 2 N–H and O–H groups in total. The number of benzene rings is 1. The predicted octanol–water partition coefficient (Wildman–Crippen LogP) is 2.08. The zero-order chi connectivity index (χ0) is 16.9. The van der Waals surface area contributed by atoms with E-state index in [0.717, 1.165) is 6.92 Å². The van der Waals surface area contributed by atoms with Gasteiger partial charge in [-0.3, -0.25) is 0 Å². The Bertz CT molecular complexity index is 477. The predicted molar refractivity (Wildman–Crippen MR) is 69.6 cm³/mol. The molecule has 8 heteroatoms. The molecule has 22 heavy (non-hydrogen) atoms. The highest BCUT2D eigenvalue weighted by molar-refractivity contribution is 5.33. The summed E-state index contributed by atoms with van der Waals surface area (Å²) in [5.74, 6) is -7.30. The summed E-state index contributed by atoms with van der Waals surface area (Å²) in [7, 11) is 0. The molecule has 0 heterocycles. The van der Waals surface area contributed by atoms with Crippen molar-refractivity contribution >= 4 is 0 Å². The Balaban J connectivity index is 2.71. The van der Waals surface area contributed by atoms with Crippen LogP contribution in [0.4, 0.5) is 17.6 Å². The molecule has 1 rings (SSSR count). The fourth-order valence-electron chi connectivity index (χ4n) is 1.65. The summed E-state index contributed by atoms with van der Waals surface area (Å²) in [6.07, 6.45) is -1.44. The molecule has 0 spiro atoms. The van der Waals surface area contributed by atoms with Crippen molar-refractivity contribution in [2.75, 3.05) is 19.8 Å². The van der Waals surface area contributed by atoms with Gasteiger partial charge in [0.05, 0.1) is 25.9 Å². The van der Waals surface area contributed by atoms with Gasteiger partial charge in [-0.25, -0.2) is 8.78 Å². The van der Waals surface area contributed by atoms with Crippen molar-refractivity contribution < 1.29 is 37.2 Å². The highest BCUT2D eigenvalue weighted by Crippen LogP contribution is 2.30. The van der Waals surface area contributed by atoms with Crippen LogP contribution < -0.4 is 4.74 Å². The second-order valence-corrected chi connectivity index (χ2v) is 4.79. The molecule has 0 amide bonds. The zero-order valence-electron chi connectivity index (χ0n) is 12.2. The Hall–Kier alpha value is -1.38. The number of aliphatic hydroxyl groups is 2. The Labute approximate surface area is 125 Å². The largest absolute Gasteiger partial charge is 0.484 e. The summed E-state index contributed by atoms with van der Waals surface area (Å²) in [6, 6.07) is 0. The van der Waals surface area contributed by atoms with Crippen LogP contribution in [0.2, 0.25) is 0 Å². The lowest BCUT2D eigenvalue weighted by Crippen LogP contribution is -2.25. The normalized spacial score (nSPS) is 12.8. The number of hydrogen-bond acceptors (Lipinski definition) is 4. The first kappa shape index (κ1) is 18.7. The first-order chi connectivity index (χ1) is 10.3. The van der Waals surface area contributed by atoms with Crippen molar-refractivity contribution in [2.24, 2.45) is 0 Å². The molecular weight excluding hydrogens is 308 g/mol. The van der Waals surface area contributed by atoms with Crippen LogP contribution in [-0.2, 0) is 4.74 Å². The quantitative estimate of drug-likeness (QED) is 0.567. The molecule has 4 nitrogen and oxygen atoms in total. The van der Waals surface area contributed by atoms with E-state index in [2.05, 4.69) is 0 Å². The lowest BCUT2D eigenvalue weighted by molar-refractivity contribution is -0.0276. The van der Waals surface area contributed by atoms with E-state index in [1.165, 1.54) is 6.92 Å². The first-order valence-corrected chi connectivity index (χ1v) is 6.65. The third-order valence-corrected chi connectivity index (χ3v) is 3.05. The Morgan fingerprint density at radius 1 is 0.955 bits per heavy atom. The SMILES string of the molecule is Cc1c(F)c(F)c(OC(C)CCOC(CO)CO)c(F)c1F. The van der Waals surface area contributed by atoms with Gasteiger partial charge >= 0.3 is 0 Å². The smallest absolute Gasteiger partial charge is 0.204 e. The molecule has 0 aliphatic heterocycles. The topological polar surface area (TPSA) is 58.9 Å². The van der Waals surface area contributed by atoms with Gasteiger partial charge in [0.2, 0.25) is 11.6 Å². The minimum atomic E-state index is -1.59. The van der Waals surface area contributed by atoms with E-state index in [-0.39, 0.29) is 26.2 Å². The third-order valence-electron chi connectivity index (χ3n) is 3.05. The molecule has 0 aromatic heterocycles. The molecule has 126 valence electrons. The summed E-state index contributed by atoms with van der Waals surface area (Å²) in [4.78, 5) is 0. The van der Waals surface area contributed by atoms with Crippen LogP contribution in [0.15, 0.2) is 0 Å². The van der Waals surface area contributed by atoms with Crippen LogP contribution in [0, 0.1) is 30.2 Å². The average Bonchev–Trinajstić information content (AvgIpc) is 2.52.